The average molecular weight is 438 g/mol. The van der Waals surface area contributed by atoms with Gasteiger partial charge in [0.15, 0.2) is 0 Å². The Labute approximate surface area is 180 Å². The van der Waals surface area contributed by atoms with E-state index < -0.39 is 0 Å². The lowest BCUT2D eigenvalue weighted by Gasteiger charge is -2.09. The van der Waals surface area contributed by atoms with Crippen LogP contribution in [0.1, 0.15) is 26.2 Å². The maximum atomic E-state index is 6.20. The SMILES string of the molecule is C1CCNC1.CCCOc1ccc(SNc2ccc(Cl)c3c(Cl)c[nH]c23)cc1. The maximum absolute atomic E-state index is 6.20. The number of hydrogen-bond donors (Lipinski definition) is 3. The fourth-order valence-electron chi connectivity index (χ4n) is 2.82. The largest absolute Gasteiger partial charge is 0.494 e. The number of aromatic amines is 1. The van der Waals surface area contributed by atoms with E-state index in [1.54, 1.807) is 6.20 Å². The molecule has 4 rings (SSSR count). The molecule has 0 unspecified atom stereocenters. The quantitative estimate of drug-likeness (QED) is 0.373. The molecule has 0 saturated carbocycles. The maximum Gasteiger partial charge on any atom is 0.119 e. The van der Waals surface area contributed by atoms with Crippen LogP contribution in [-0.4, -0.2) is 24.7 Å². The Balaban J connectivity index is 0.000000391. The third kappa shape index (κ3) is 5.74. The van der Waals surface area contributed by atoms with Gasteiger partial charge in [-0.15, -0.1) is 0 Å². The van der Waals surface area contributed by atoms with Gasteiger partial charge in [-0.3, -0.25) is 0 Å². The van der Waals surface area contributed by atoms with Gasteiger partial charge in [-0.1, -0.05) is 30.1 Å². The van der Waals surface area contributed by atoms with Gasteiger partial charge in [-0.25, -0.2) is 0 Å². The number of benzene rings is 2. The van der Waals surface area contributed by atoms with E-state index in [4.69, 9.17) is 27.9 Å². The number of aromatic nitrogens is 1. The summed E-state index contributed by atoms with van der Waals surface area (Å²) in [5.41, 5.74) is 1.84. The molecule has 150 valence electrons. The summed E-state index contributed by atoms with van der Waals surface area (Å²) in [5.74, 6) is 0.890. The molecule has 0 bridgehead atoms. The van der Waals surface area contributed by atoms with Crippen LogP contribution in [0.3, 0.4) is 0 Å². The summed E-state index contributed by atoms with van der Waals surface area (Å²) in [6.45, 7) is 5.33. The summed E-state index contributed by atoms with van der Waals surface area (Å²) >= 11 is 13.9. The highest BCUT2D eigenvalue weighted by molar-refractivity contribution is 8.00. The van der Waals surface area contributed by atoms with Gasteiger partial charge in [0.1, 0.15) is 5.75 Å². The number of fused-ring (bicyclic) bond motifs is 1. The Morgan fingerprint density at radius 2 is 1.79 bits per heavy atom. The van der Waals surface area contributed by atoms with Gasteiger partial charge >= 0.3 is 0 Å². The topological polar surface area (TPSA) is 49.1 Å². The molecule has 1 fully saturated rings. The first-order valence-corrected chi connectivity index (χ1v) is 11.1. The van der Waals surface area contributed by atoms with Gasteiger partial charge in [0.2, 0.25) is 0 Å². The molecule has 0 radical (unpaired) electrons. The van der Waals surface area contributed by atoms with Crippen LogP contribution < -0.4 is 14.8 Å². The normalized spacial score (nSPS) is 13.2. The zero-order valence-corrected chi connectivity index (χ0v) is 18.2. The number of nitrogens with one attached hydrogen (secondary N) is 3. The van der Waals surface area contributed by atoms with Crippen molar-refractivity contribution in [1.29, 1.82) is 0 Å². The first-order chi connectivity index (χ1) is 13.7. The smallest absolute Gasteiger partial charge is 0.119 e. The third-order valence-electron chi connectivity index (χ3n) is 4.27. The molecule has 0 aliphatic carbocycles. The van der Waals surface area contributed by atoms with Crippen LogP contribution >= 0.6 is 35.1 Å². The summed E-state index contributed by atoms with van der Waals surface area (Å²) < 4.78 is 8.92. The molecule has 3 aromatic rings. The fraction of sp³-hybridized carbons (Fsp3) is 0.333. The van der Waals surface area contributed by atoms with Crippen molar-refractivity contribution in [3.05, 3.63) is 52.6 Å². The second-order valence-corrected chi connectivity index (χ2v) is 8.16. The minimum Gasteiger partial charge on any atom is -0.494 e. The molecule has 7 heteroatoms. The molecule has 1 aliphatic heterocycles. The van der Waals surface area contributed by atoms with Crippen LogP contribution in [0.4, 0.5) is 5.69 Å². The van der Waals surface area contributed by atoms with E-state index in [1.807, 2.05) is 36.4 Å². The lowest BCUT2D eigenvalue weighted by Crippen LogP contribution is -2.03. The van der Waals surface area contributed by atoms with Gasteiger partial charge in [0, 0.05) is 16.5 Å². The van der Waals surface area contributed by atoms with Crippen LogP contribution in [0.5, 0.6) is 5.75 Å². The van der Waals surface area contributed by atoms with Crippen molar-refractivity contribution < 1.29 is 4.74 Å². The van der Waals surface area contributed by atoms with E-state index in [1.165, 1.54) is 37.9 Å². The van der Waals surface area contributed by atoms with Crippen LogP contribution in [0.25, 0.3) is 10.9 Å². The molecule has 3 N–H and O–H groups in total. The second-order valence-electron chi connectivity index (χ2n) is 6.46. The number of H-pyrrole nitrogens is 1. The first-order valence-electron chi connectivity index (χ1n) is 9.50. The lowest BCUT2D eigenvalue weighted by atomic mass is 10.2. The molecule has 1 saturated heterocycles. The summed E-state index contributed by atoms with van der Waals surface area (Å²) in [6, 6.07) is 11.8. The number of rotatable bonds is 6. The molecule has 4 nitrogen and oxygen atoms in total. The molecule has 1 aliphatic rings. The van der Waals surface area contributed by atoms with Crippen LogP contribution in [0, 0.1) is 0 Å². The van der Waals surface area contributed by atoms with Gasteiger partial charge in [-0.2, -0.15) is 0 Å². The summed E-state index contributed by atoms with van der Waals surface area (Å²) in [7, 11) is 0. The fourth-order valence-corrected chi connectivity index (χ4v) is 4.04. The van der Waals surface area contributed by atoms with Gasteiger partial charge in [0.25, 0.3) is 0 Å². The Morgan fingerprint density at radius 1 is 1.04 bits per heavy atom. The second kappa shape index (κ2) is 10.9. The van der Waals surface area contributed by atoms with E-state index in [0.29, 0.717) is 10.0 Å². The number of ether oxygens (including phenoxy) is 1. The van der Waals surface area contributed by atoms with Gasteiger partial charge in [0.05, 0.1) is 27.9 Å². The van der Waals surface area contributed by atoms with Crippen LogP contribution in [0.2, 0.25) is 10.0 Å². The van der Waals surface area contributed by atoms with Gasteiger partial charge < -0.3 is 19.8 Å². The minimum absolute atomic E-state index is 0.621. The number of halogens is 2. The van der Waals surface area contributed by atoms with Crippen LogP contribution in [0.15, 0.2) is 47.5 Å². The zero-order chi connectivity index (χ0) is 19.8. The third-order valence-corrected chi connectivity index (χ3v) is 5.71. The Hall–Kier alpha value is -1.53. The van der Waals surface area contributed by atoms with Crippen molar-refractivity contribution in [2.45, 2.75) is 31.1 Å². The van der Waals surface area contributed by atoms with Crippen LogP contribution in [-0.2, 0) is 0 Å². The first kappa shape index (κ1) is 21.2. The van der Waals surface area contributed by atoms with Gasteiger partial charge in [-0.05, 0) is 80.7 Å². The molecular formula is C21H25Cl2N3OS. The van der Waals surface area contributed by atoms with E-state index in [9.17, 15) is 0 Å². The summed E-state index contributed by atoms with van der Waals surface area (Å²) in [5, 5.41) is 5.32. The highest BCUT2D eigenvalue weighted by Gasteiger charge is 2.10. The predicted octanol–water partition coefficient (Wildman–Crippen LogP) is 6.75. The van der Waals surface area contributed by atoms with E-state index in [2.05, 4.69) is 21.9 Å². The summed E-state index contributed by atoms with van der Waals surface area (Å²) in [4.78, 5) is 4.25. The van der Waals surface area contributed by atoms with E-state index in [-0.39, 0.29) is 0 Å². The lowest BCUT2D eigenvalue weighted by molar-refractivity contribution is 0.317. The molecule has 28 heavy (non-hydrogen) atoms. The summed E-state index contributed by atoms with van der Waals surface area (Å²) in [6.07, 6.45) is 5.52. The van der Waals surface area contributed by atoms with Crippen molar-refractivity contribution in [2.75, 3.05) is 24.4 Å². The Bertz CT molecular complexity index is 872. The standard InChI is InChI=1S/C17H16Cl2N2OS.C4H9N/c1-2-9-22-11-3-5-12(6-4-11)23-21-15-8-7-13(18)16-14(19)10-20-17(15)16;1-2-4-5-3-1/h3-8,10,20-21H,2,9H2,1H3;5H,1-4H2. The van der Waals surface area contributed by atoms with E-state index >= 15 is 0 Å². The Kier molecular flexibility index (Phi) is 8.22. The molecule has 1 aromatic heterocycles. The van der Waals surface area contributed by atoms with Crippen molar-refractivity contribution in [2.24, 2.45) is 0 Å². The number of anilines is 1. The zero-order valence-electron chi connectivity index (χ0n) is 15.9. The predicted molar refractivity (Wildman–Crippen MR) is 122 cm³/mol. The molecule has 0 spiro atoms. The Morgan fingerprint density at radius 3 is 2.43 bits per heavy atom. The molecule has 0 amide bonds. The van der Waals surface area contributed by atoms with Crippen molar-refractivity contribution in [3.63, 3.8) is 0 Å². The minimum atomic E-state index is 0.621. The molecule has 0 atom stereocenters. The molecule has 2 aromatic carbocycles. The monoisotopic (exact) mass is 437 g/mol. The van der Waals surface area contributed by atoms with E-state index in [0.717, 1.165) is 40.3 Å². The van der Waals surface area contributed by atoms with Crippen molar-refractivity contribution in [1.82, 2.24) is 10.3 Å². The average Bonchev–Trinajstić information content (AvgIpc) is 3.41. The van der Waals surface area contributed by atoms with Crippen molar-refractivity contribution in [3.8, 4) is 5.75 Å². The highest BCUT2D eigenvalue weighted by Crippen LogP contribution is 2.36. The molecular weight excluding hydrogens is 413 g/mol. The van der Waals surface area contributed by atoms with Crippen molar-refractivity contribution >= 4 is 51.7 Å². The molecule has 2 heterocycles. The highest BCUT2D eigenvalue weighted by atomic mass is 35.5. The number of hydrogen-bond acceptors (Lipinski definition) is 4.